The molecular formula is C114H69N9S3. The van der Waals surface area contributed by atoms with E-state index in [1.165, 1.54) is 126 Å². The van der Waals surface area contributed by atoms with Gasteiger partial charge in [-0.25, -0.2) is 29.9 Å². The van der Waals surface area contributed by atoms with Crippen molar-refractivity contribution in [3.05, 3.63) is 419 Å². The number of para-hydroxylation sites is 6. The highest BCUT2D eigenvalue weighted by molar-refractivity contribution is 7.27. The first-order valence-electron chi connectivity index (χ1n) is 42.3. The predicted octanol–water partition coefficient (Wildman–Crippen LogP) is 31.3. The first-order valence-corrected chi connectivity index (χ1v) is 44.7. The summed E-state index contributed by atoms with van der Waals surface area (Å²) in [5.41, 5.74) is 22.7. The van der Waals surface area contributed by atoms with Crippen LogP contribution in [0.2, 0.25) is 0 Å². The van der Waals surface area contributed by atoms with Gasteiger partial charge in [-0.15, -0.1) is 34.0 Å². The largest absolute Gasteiger partial charge is 0.278 e. The van der Waals surface area contributed by atoms with Crippen LogP contribution in [-0.2, 0) is 0 Å². The first kappa shape index (κ1) is 72.8. The summed E-state index contributed by atoms with van der Waals surface area (Å²) >= 11 is 5.56. The van der Waals surface area contributed by atoms with E-state index in [0.29, 0.717) is 17.8 Å². The molecule has 0 saturated heterocycles. The SMILES string of the molecule is c1ccc(-c2ccc(-c3nc(-n4c5ccccc5c5c6c(ccc54)sc4ccccc46)nc4ccccc34)cc2)cc1.c1ccc(-c2ccc(-c3nc(-n4c5ccccc5c5c6sc7ccccc7c6ccc54)nc4ccccc34)cc2)cc1.c1ccc(-c2ccc(-c3nc(-n4c5ccccc5c5cc6sc7ccccc7c6cc54)nc4ccccc34)cc2)cc1. The van der Waals surface area contributed by atoms with Crippen molar-refractivity contribution < 1.29 is 0 Å². The molecule has 27 aromatic rings. The number of hydrogen-bond acceptors (Lipinski definition) is 9. The van der Waals surface area contributed by atoms with Gasteiger partial charge in [-0.1, -0.05) is 334 Å². The van der Waals surface area contributed by atoms with E-state index in [2.05, 4.69) is 396 Å². The lowest BCUT2D eigenvalue weighted by Gasteiger charge is -2.12. The summed E-state index contributed by atoms with van der Waals surface area (Å²) < 4.78 is 14.5. The fourth-order valence-corrected chi connectivity index (χ4v) is 22.3. The van der Waals surface area contributed by atoms with E-state index < -0.39 is 0 Å². The molecular weight excluding hydrogens is 1590 g/mol. The number of aromatic nitrogens is 9. The molecule has 9 nitrogen and oxygen atoms in total. The molecule has 0 spiro atoms. The molecule has 588 valence electrons. The molecule has 0 unspecified atom stereocenters. The summed E-state index contributed by atoms with van der Waals surface area (Å²) in [6.45, 7) is 0. The topological polar surface area (TPSA) is 92.1 Å². The lowest BCUT2D eigenvalue weighted by molar-refractivity contribution is 1.01. The zero-order chi connectivity index (χ0) is 82.9. The predicted molar refractivity (Wildman–Crippen MR) is 533 cm³/mol. The Labute approximate surface area is 734 Å². The Hall–Kier alpha value is -16.0. The third kappa shape index (κ3) is 12.2. The standard InChI is InChI=1S/3C38H23N3S/c1-2-10-24(11-3-1)25-18-20-26(21-19-25)36-29-13-4-7-15-31(29)39-38(40-36)41-32-16-8-5-14-30(32)35-33(41)23-22-28-27-12-6-9-17-34(27)42-37(28)35;1-2-10-24(11-3-1)25-18-20-26(21-19-25)37-29-14-4-7-15-32(29)39-38(40-37)41-33-16-8-5-12-27(33)30-23-36-31(22-34(30)41)28-13-6-9-17-35(28)42-36;1-2-10-24(11-3-1)25-18-20-26(21-19-25)37-27-12-4-7-15-30(27)39-38(40-37)41-31-16-8-5-13-28(31)35-32(41)22-23-34-36(35)29-14-6-9-17-33(29)42-34/h3*1-23H. The van der Waals surface area contributed by atoms with Crippen LogP contribution in [0.4, 0.5) is 0 Å². The number of benzene rings is 18. The number of rotatable bonds is 9. The molecule has 12 heteroatoms. The average molecular weight is 1660 g/mol. The molecule has 0 atom stereocenters. The van der Waals surface area contributed by atoms with Gasteiger partial charge in [-0.2, -0.15) is 0 Å². The first-order chi connectivity index (χ1) is 62.5. The normalized spacial score (nSPS) is 11.8. The second kappa shape index (κ2) is 30.0. The van der Waals surface area contributed by atoms with E-state index in [9.17, 15) is 0 Å². The van der Waals surface area contributed by atoms with E-state index in [4.69, 9.17) is 29.9 Å². The Bertz CT molecular complexity index is 8850. The zero-order valence-electron chi connectivity index (χ0n) is 67.6. The maximum absolute atomic E-state index is 5.30. The number of hydrogen-bond donors (Lipinski definition) is 0. The summed E-state index contributed by atoms with van der Waals surface area (Å²) in [4.78, 5) is 31.4. The van der Waals surface area contributed by atoms with Crippen molar-refractivity contribution >= 4 is 193 Å². The summed E-state index contributed by atoms with van der Waals surface area (Å²) in [5.74, 6) is 2.05. The van der Waals surface area contributed by atoms with Gasteiger partial charge in [0.25, 0.3) is 0 Å². The van der Waals surface area contributed by atoms with Gasteiger partial charge in [0.2, 0.25) is 17.8 Å². The third-order valence-electron chi connectivity index (χ3n) is 24.7. The Morgan fingerprint density at radius 1 is 0.159 bits per heavy atom. The van der Waals surface area contributed by atoms with E-state index in [1.54, 1.807) is 0 Å². The second-order valence-electron chi connectivity index (χ2n) is 31.9. The minimum atomic E-state index is 0.681. The number of fused-ring (bicyclic) bond motifs is 23. The smallest absolute Gasteiger partial charge is 0.235 e. The van der Waals surface area contributed by atoms with Gasteiger partial charge in [-0.3, -0.25) is 13.7 Å². The molecule has 0 aliphatic heterocycles. The van der Waals surface area contributed by atoms with Crippen LogP contribution in [0.25, 0.3) is 244 Å². The van der Waals surface area contributed by atoms with Crippen LogP contribution < -0.4 is 0 Å². The van der Waals surface area contributed by atoms with E-state index in [1.807, 2.05) is 70.4 Å². The van der Waals surface area contributed by atoms with Crippen molar-refractivity contribution in [1.82, 2.24) is 43.6 Å². The molecule has 126 heavy (non-hydrogen) atoms. The van der Waals surface area contributed by atoms with Gasteiger partial charge < -0.3 is 0 Å². The second-order valence-corrected chi connectivity index (χ2v) is 35.1. The van der Waals surface area contributed by atoms with Crippen LogP contribution in [0, 0.1) is 0 Å². The molecule has 0 N–H and O–H groups in total. The monoisotopic (exact) mass is 1660 g/mol. The summed E-state index contributed by atoms with van der Waals surface area (Å²) in [6, 6.07) is 148. The van der Waals surface area contributed by atoms with Crippen LogP contribution in [0.1, 0.15) is 0 Å². The van der Waals surface area contributed by atoms with Crippen LogP contribution in [0.3, 0.4) is 0 Å². The maximum atomic E-state index is 5.30. The Morgan fingerprint density at radius 3 is 0.960 bits per heavy atom. The van der Waals surface area contributed by atoms with Crippen LogP contribution in [0.15, 0.2) is 419 Å². The van der Waals surface area contributed by atoms with Crippen LogP contribution >= 0.6 is 34.0 Å². The van der Waals surface area contributed by atoms with Crippen molar-refractivity contribution in [2.75, 3.05) is 0 Å². The van der Waals surface area contributed by atoms with Gasteiger partial charge >= 0.3 is 0 Å². The Morgan fingerprint density at radius 2 is 0.484 bits per heavy atom. The maximum Gasteiger partial charge on any atom is 0.235 e. The molecule has 9 heterocycles. The molecule has 0 aliphatic carbocycles. The van der Waals surface area contributed by atoms with E-state index in [-0.39, 0.29) is 0 Å². The minimum absolute atomic E-state index is 0.681. The summed E-state index contributed by atoms with van der Waals surface area (Å²) in [6.07, 6.45) is 0. The molecule has 0 fully saturated rings. The van der Waals surface area contributed by atoms with Gasteiger partial charge in [-0.05, 0) is 118 Å². The van der Waals surface area contributed by atoms with E-state index >= 15 is 0 Å². The van der Waals surface area contributed by atoms with E-state index in [0.717, 1.165) is 99.6 Å². The highest BCUT2D eigenvalue weighted by Gasteiger charge is 2.26. The summed E-state index contributed by atoms with van der Waals surface area (Å²) in [5, 5.41) is 18.3. The average Bonchev–Trinajstić information content (AvgIpc) is 1.62. The van der Waals surface area contributed by atoms with Crippen molar-refractivity contribution in [2.45, 2.75) is 0 Å². The van der Waals surface area contributed by atoms with Gasteiger partial charge in [0.1, 0.15) is 0 Å². The van der Waals surface area contributed by atoms with Gasteiger partial charge in [0, 0.05) is 126 Å². The molecule has 9 aromatic heterocycles. The quantitative estimate of drug-likeness (QED) is 0.143. The van der Waals surface area contributed by atoms with Crippen molar-refractivity contribution in [3.8, 4) is 85.0 Å². The molecule has 0 saturated carbocycles. The van der Waals surface area contributed by atoms with Gasteiger partial charge in [0.05, 0.1) is 66.7 Å². The van der Waals surface area contributed by atoms with Crippen molar-refractivity contribution in [3.63, 3.8) is 0 Å². The highest BCUT2D eigenvalue weighted by atomic mass is 32.1. The Balaban J connectivity index is 0.000000103. The lowest BCUT2D eigenvalue weighted by Crippen LogP contribution is -2.03. The third-order valence-corrected chi connectivity index (χ3v) is 28.2. The fraction of sp³-hybridized carbons (Fsp3) is 0. The highest BCUT2D eigenvalue weighted by Crippen LogP contribution is 2.48. The molecule has 27 rings (SSSR count). The number of nitrogens with zero attached hydrogens (tertiary/aromatic N) is 9. The van der Waals surface area contributed by atoms with Crippen LogP contribution in [-0.4, -0.2) is 43.6 Å². The fourth-order valence-electron chi connectivity index (χ4n) is 18.8. The minimum Gasteiger partial charge on any atom is -0.278 e. The summed E-state index contributed by atoms with van der Waals surface area (Å²) in [7, 11) is 0. The molecule has 18 aromatic carbocycles. The van der Waals surface area contributed by atoms with Crippen LogP contribution in [0.5, 0.6) is 0 Å². The van der Waals surface area contributed by atoms with Crippen molar-refractivity contribution in [2.24, 2.45) is 0 Å². The zero-order valence-corrected chi connectivity index (χ0v) is 70.0. The molecule has 0 radical (unpaired) electrons. The number of thiophene rings is 3. The Kier molecular flexibility index (Phi) is 17.3. The van der Waals surface area contributed by atoms with Crippen molar-refractivity contribution in [1.29, 1.82) is 0 Å². The lowest BCUT2D eigenvalue weighted by atomic mass is 10.0. The molecule has 0 aliphatic rings. The molecule has 0 bridgehead atoms. The van der Waals surface area contributed by atoms with Gasteiger partial charge in [0.15, 0.2) is 0 Å². The molecule has 0 amide bonds.